The van der Waals surface area contributed by atoms with Crippen LogP contribution < -0.4 is 5.32 Å². The molecule has 0 aliphatic rings. The summed E-state index contributed by atoms with van der Waals surface area (Å²) in [4.78, 5) is 11.9. The van der Waals surface area contributed by atoms with Gasteiger partial charge in [-0.2, -0.15) is 0 Å². The van der Waals surface area contributed by atoms with Gasteiger partial charge in [0, 0.05) is 7.05 Å². The number of halogens is 1. The number of nitrogens with zero attached hydrogens (tertiary/aromatic N) is 2. The van der Waals surface area contributed by atoms with Crippen LogP contribution in [-0.4, -0.2) is 22.0 Å². The second kappa shape index (κ2) is 3.89. The highest BCUT2D eigenvalue weighted by molar-refractivity contribution is 9.10. The first-order valence-electron chi connectivity index (χ1n) is 5.06. The Morgan fingerprint density at radius 3 is 2.82 bits per heavy atom. The largest absolute Gasteiger partial charge is 0.446 e. The van der Waals surface area contributed by atoms with Gasteiger partial charge in [-0.25, -0.2) is 9.97 Å². The van der Waals surface area contributed by atoms with Gasteiger partial charge in [0.05, 0.1) is 5.52 Å². The minimum Gasteiger partial charge on any atom is -0.446 e. The maximum Gasteiger partial charge on any atom is 0.180 e. The number of hydrogen-bond acceptors (Lipinski definition) is 4. The van der Waals surface area contributed by atoms with Crippen LogP contribution in [0.15, 0.2) is 33.4 Å². The lowest BCUT2D eigenvalue weighted by atomic mass is 10.4. The van der Waals surface area contributed by atoms with Gasteiger partial charge in [0.2, 0.25) is 0 Å². The van der Waals surface area contributed by atoms with Gasteiger partial charge < -0.3 is 14.7 Å². The molecular weight excluding hydrogens is 284 g/mol. The Kier molecular flexibility index (Phi) is 2.36. The summed E-state index contributed by atoms with van der Waals surface area (Å²) in [5.41, 5.74) is 1.55. The van der Waals surface area contributed by atoms with E-state index in [9.17, 15) is 0 Å². The molecule has 6 heteroatoms. The van der Waals surface area contributed by atoms with Gasteiger partial charge in [0.1, 0.15) is 5.82 Å². The molecule has 0 spiro atoms. The highest BCUT2D eigenvalue weighted by atomic mass is 79.9. The second-order valence-electron chi connectivity index (χ2n) is 3.51. The average molecular weight is 293 g/mol. The molecule has 0 amide bonds. The molecule has 0 atom stereocenters. The van der Waals surface area contributed by atoms with Crippen LogP contribution in [0.2, 0.25) is 0 Å². The summed E-state index contributed by atoms with van der Waals surface area (Å²) in [7, 11) is 1.82. The van der Waals surface area contributed by atoms with E-state index >= 15 is 0 Å². The van der Waals surface area contributed by atoms with E-state index < -0.39 is 0 Å². The Labute approximate surface area is 105 Å². The highest BCUT2D eigenvalue weighted by Gasteiger charge is 2.09. The molecule has 0 aliphatic carbocycles. The lowest BCUT2D eigenvalue weighted by Gasteiger charge is -1.95. The van der Waals surface area contributed by atoms with E-state index in [1.165, 1.54) is 0 Å². The number of furan rings is 1. The van der Waals surface area contributed by atoms with Crippen LogP contribution in [0, 0.1) is 0 Å². The number of aromatic nitrogens is 3. The molecule has 3 aromatic rings. The van der Waals surface area contributed by atoms with Gasteiger partial charge in [0.25, 0.3) is 0 Å². The average Bonchev–Trinajstić information content (AvgIpc) is 2.93. The molecule has 3 heterocycles. The highest BCUT2D eigenvalue weighted by Crippen LogP contribution is 2.24. The predicted octanol–water partition coefficient (Wildman–Crippen LogP) is 3.02. The smallest absolute Gasteiger partial charge is 0.180 e. The number of pyridine rings is 1. The van der Waals surface area contributed by atoms with E-state index in [4.69, 9.17) is 4.42 Å². The molecule has 0 unspecified atom stereocenters. The van der Waals surface area contributed by atoms with E-state index in [1.54, 1.807) is 0 Å². The molecule has 0 fully saturated rings. The molecular formula is C11H9BrN4O. The van der Waals surface area contributed by atoms with Crippen molar-refractivity contribution in [2.75, 3.05) is 12.4 Å². The normalized spacial score (nSPS) is 10.9. The maximum absolute atomic E-state index is 5.44. The summed E-state index contributed by atoms with van der Waals surface area (Å²) in [6.45, 7) is 0. The predicted molar refractivity (Wildman–Crippen MR) is 68.8 cm³/mol. The van der Waals surface area contributed by atoms with E-state index in [-0.39, 0.29) is 0 Å². The molecule has 0 bridgehead atoms. The van der Waals surface area contributed by atoms with E-state index in [2.05, 4.69) is 36.2 Å². The van der Waals surface area contributed by atoms with Crippen molar-refractivity contribution in [1.82, 2.24) is 15.0 Å². The number of H-pyrrole nitrogens is 1. The van der Waals surface area contributed by atoms with Crippen molar-refractivity contribution in [1.29, 1.82) is 0 Å². The number of fused-ring (bicyclic) bond motifs is 1. The molecule has 3 aromatic heterocycles. The Balaban J connectivity index is 2.13. The summed E-state index contributed by atoms with van der Waals surface area (Å²) in [5.74, 6) is 2.14. The van der Waals surface area contributed by atoms with Gasteiger partial charge in [-0.1, -0.05) is 0 Å². The SMILES string of the molecule is CNc1ccc2[nH]c(-c3ccc(Br)o3)nc2n1. The Bertz CT molecular complexity index is 673. The zero-order valence-electron chi connectivity index (χ0n) is 8.99. The van der Waals surface area contributed by atoms with Crippen LogP contribution >= 0.6 is 15.9 Å². The van der Waals surface area contributed by atoms with Crippen LogP contribution in [0.4, 0.5) is 5.82 Å². The monoisotopic (exact) mass is 292 g/mol. The summed E-state index contributed by atoms with van der Waals surface area (Å²) >= 11 is 3.26. The quantitative estimate of drug-likeness (QED) is 0.762. The first-order chi connectivity index (χ1) is 8.26. The molecule has 0 aromatic carbocycles. The molecule has 86 valence electrons. The zero-order chi connectivity index (χ0) is 11.8. The number of imidazole rings is 1. The molecule has 0 radical (unpaired) electrons. The number of hydrogen-bond donors (Lipinski definition) is 2. The van der Waals surface area contributed by atoms with Crippen LogP contribution in [0.3, 0.4) is 0 Å². The van der Waals surface area contributed by atoms with Crippen LogP contribution in [-0.2, 0) is 0 Å². The summed E-state index contributed by atoms with van der Waals surface area (Å²) in [6.07, 6.45) is 0. The standard InChI is InChI=1S/C11H9BrN4O/c1-13-9-5-2-6-10(15-9)16-11(14-6)7-3-4-8(12)17-7/h2-5H,1H3,(H2,13,14,15,16). The Morgan fingerprint density at radius 2 is 2.12 bits per heavy atom. The first kappa shape index (κ1) is 10.3. The van der Waals surface area contributed by atoms with Crippen molar-refractivity contribution in [2.24, 2.45) is 0 Å². The minimum absolute atomic E-state index is 0.666. The Hall–Kier alpha value is -1.82. The van der Waals surface area contributed by atoms with Crippen LogP contribution in [0.5, 0.6) is 0 Å². The minimum atomic E-state index is 0.666. The molecule has 3 rings (SSSR count). The van der Waals surface area contributed by atoms with Crippen LogP contribution in [0.1, 0.15) is 0 Å². The van der Waals surface area contributed by atoms with Gasteiger partial charge in [-0.3, -0.25) is 0 Å². The van der Waals surface area contributed by atoms with Gasteiger partial charge >= 0.3 is 0 Å². The lowest BCUT2D eigenvalue weighted by molar-refractivity contribution is 0.552. The molecule has 17 heavy (non-hydrogen) atoms. The van der Waals surface area contributed by atoms with Crippen molar-refractivity contribution >= 4 is 32.9 Å². The lowest BCUT2D eigenvalue weighted by Crippen LogP contribution is -1.91. The molecule has 0 saturated heterocycles. The van der Waals surface area contributed by atoms with Gasteiger partial charge in [-0.15, -0.1) is 0 Å². The third-order valence-electron chi connectivity index (χ3n) is 2.41. The second-order valence-corrected chi connectivity index (χ2v) is 4.29. The molecule has 0 saturated carbocycles. The van der Waals surface area contributed by atoms with E-state index in [0.29, 0.717) is 21.9 Å². The van der Waals surface area contributed by atoms with Crippen LogP contribution in [0.25, 0.3) is 22.7 Å². The first-order valence-corrected chi connectivity index (χ1v) is 5.86. The topological polar surface area (TPSA) is 66.7 Å². The van der Waals surface area contributed by atoms with Crippen molar-refractivity contribution in [3.05, 3.63) is 28.9 Å². The fourth-order valence-corrected chi connectivity index (χ4v) is 1.90. The van der Waals surface area contributed by atoms with Crippen molar-refractivity contribution < 1.29 is 4.42 Å². The summed E-state index contributed by atoms with van der Waals surface area (Å²) < 4.78 is 6.11. The maximum atomic E-state index is 5.44. The number of anilines is 1. The Morgan fingerprint density at radius 1 is 1.24 bits per heavy atom. The number of nitrogens with one attached hydrogen (secondary N) is 2. The van der Waals surface area contributed by atoms with E-state index in [1.807, 2.05) is 31.3 Å². The van der Waals surface area contributed by atoms with Gasteiger partial charge in [0.15, 0.2) is 21.9 Å². The molecule has 5 nitrogen and oxygen atoms in total. The number of aromatic amines is 1. The fraction of sp³-hybridized carbons (Fsp3) is 0.0909. The fourth-order valence-electron chi connectivity index (χ4n) is 1.59. The van der Waals surface area contributed by atoms with Crippen molar-refractivity contribution in [3.63, 3.8) is 0 Å². The zero-order valence-corrected chi connectivity index (χ0v) is 10.6. The van der Waals surface area contributed by atoms with Crippen molar-refractivity contribution in [2.45, 2.75) is 0 Å². The number of rotatable bonds is 2. The van der Waals surface area contributed by atoms with Crippen molar-refractivity contribution in [3.8, 4) is 11.6 Å². The third-order valence-corrected chi connectivity index (χ3v) is 2.83. The molecule has 0 aliphatic heterocycles. The summed E-state index contributed by atoms with van der Waals surface area (Å²) in [6, 6.07) is 7.50. The van der Waals surface area contributed by atoms with Gasteiger partial charge in [-0.05, 0) is 40.2 Å². The van der Waals surface area contributed by atoms with E-state index in [0.717, 1.165) is 11.3 Å². The summed E-state index contributed by atoms with van der Waals surface area (Å²) in [5, 5.41) is 2.98. The molecule has 2 N–H and O–H groups in total. The third kappa shape index (κ3) is 1.80.